The number of hydrogen-bond donors (Lipinski definition) is 1. The number of methoxy groups -OCH3 is 1. The van der Waals surface area contributed by atoms with E-state index in [2.05, 4.69) is 26.1 Å². The standard InChI is InChI=1S/C12H27NO2/c1-11(2)10-15-8-5-7-13-12(3)6-9-14-4/h11-13H,5-10H2,1-4H3. The van der Waals surface area contributed by atoms with Crippen LogP contribution < -0.4 is 5.32 Å². The van der Waals surface area contributed by atoms with E-state index in [0.29, 0.717) is 12.0 Å². The molecule has 0 aromatic carbocycles. The Morgan fingerprint density at radius 3 is 2.47 bits per heavy atom. The van der Waals surface area contributed by atoms with Gasteiger partial charge in [0.2, 0.25) is 0 Å². The first-order chi connectivity index (χ1) is 7.16. The molecule has 3 nitrogen and oxygen atoms in total. The molecule has 0 aromatic rings. The molecule has 1 N–H and O–H groups in total. The Bertz CT molecular complexity index is 129. The van der Waals surface area contributed by atoms with Gasteiger partial charge in [0.1, 0.15) is 0 Å². The summed E-state index contributed by atoms with van der Waals surface area (Å²) in [6, 6.07) is 0.537. The Labute approximate surface area is 94.5 Å². The van der Waals surface area contributed by atoms with Crippen molar-refractivity contribution in [1.29, 1.82) is 0 Å². The predicted octanol–water partition coefficient (Wildman–Crippen LogP) is 2.06. The first-order valence-electron chi connectivity index (χ1n) is 5.97. The van der Waals surface area contributed by atoms with Gasteiger partial charge in [-0.3, -0.25) is 0 Å². The van der Waals surface area contributed by atoms with Gasteiger partial charge in [-0.2, -0.15) is 0 Å². The van der Waals surface area contributed by atoms with Crippen molar-refractivity contribution in [3.63, 3.8) is 0 Å². The Hall–Kier alpha value is -0.120. The molecular formula is C12H27NO2. The second kappa shape index (κ2) is 10.4. The van der Waals surface area contributed by atoms with Gasteiger partial charge in [-0.05, 0) is 32.2 Å². The van der Waals surface area contributed by atoms with Crippen LogP contribution in [-0.2, 0) is 9.47 Å². The first-order valence-corrected chi connectivity index (χ1v) is 5.97. The SMILES string of the molecule is COCCC(C)NCCCOCC(C)C. The van der Waals surface area contributed by atoms with Crippen LogP contribution in [0, 0.1) is 5.92 Å². The highest BCUT2D eigenvalue weighted by Crippen LogP contribution is 1.94. The minimum Gasteiger partial charge on any atom is -0.385 e. The van der Waals surface area contributed by atoms with Crippen molar-refractivity contribution < 1.29 is 9.47 Å². The molecule has 0 rings (SSSR count). The van der Waals surface area contributed by atoms with Crippen LogP contribution in [0.5, 0.6) is 0 Å². The Balaban J connectivity index is 3.09. The topological polar surface area (TPSA) is 30.5 Å². The lowest BCUT2D eigenvalue weighted by molar-refractivity contribution is 0.107. The molecule has 0 aromatic heterocycles. The third kappa shape index (κ3) is 11.8. The zero-order valence-corrected chi connectivity index (χ0v) is 10.7. The van der Waals surface area contributed by atoms with E-state index in [1.807, 2.05) is 0 Å². The monoisotopic (exact) mass is 217 g/mol. The molecule has 92 valence electrons. The molecule has 0 saturated carbocycles. The molecule has 1 unspecified atom stereocenters. The van der Waals surface area contributed by atoms with Gasteiger partial charge in [-0.25, -0.2) is 0 Å². The van der Waals surface area contributed by atoms with Crippen LogP contribution in [0.2, 0.25) is 0 Å². The summed E-state index contributed by atoms with van der Waals surface area (Å²) >= 11 is 0. The maximum absolute atomic E-state index is 5.49. The van der Waals surface area contributed by atoms with E-state index in [1.165, 1.54) is 0 Å². The number of nitrogens with one attached hydrogen (secondary N) is 1. The highest BCUT2D eigenvalue weighted by molar-refractivity contribution is 4.59. The van der Waals surface area contributed by atoms with E-state index in [-0.39, 0.29) is 0 Å². The Morgan fingerprint density at radius 1 is 1.13 bits per heavy atom. The van der Waals surface area contributed by atoms with Gasteiger partial charge in [0.25, 0.3) is 0 Å². The quantitative estimate of drug-likeness (QED) is 0.568. The van der Waals surface area contributed by atoms with E-state index < -0.39 is 0 Å². The maximum atomic E-state index is 5.49. The molecule has 0 aliphatic rings. The lowest BCUT2D eigenvalue weighted by Gasteiger charge is -2.13. The van der Waals surface area contributed by atoms with Gasteiger partial charge in [0, 0.05) is 33.0 Å². The fourth-order valence-electron chi connectivity index (χ4n) is 1.24. The highest BCUT2D eigenvalue weighted by atomic mass is 16.5. The third-order valence-electron chi connectivity index (χ3n) is 2.16. The molecule has 1 atom stereocenters. The van der Waals surface area contributed by atoms with Gasteiger partial charge in [0.05, 0.1) is 0 Å². The van der Waals surface area contributed by atoms with E-state index in [1.54, 1.807) is 7.11 Å². The Kier molecular flexibility index (Phi) is 10.3. The van der Waals surface area contributed by atoms with Crippen LogP contribution in [0.4, 0.5) is 0 Å². The molecule has 0 saturated heterocycles. The molecule has 15 heavy (non-hydrogen) atoms. The lowest BCUT2D eigenvalue weighted by atomic mass is 10.2. The summed E-state index contributed by atoms with van der Waals surface area (Å²) in [5, 5.41) is 3.45. The second-order valence-corrected chi connectivity index (χ2v) is 4.46. The summed E-state index contributed by atoms with van der Waals surface area (Å²) in [4.78, 5) is 0. The molecular weight excluding hydrogens is 190 g/mol. The van der Waals surface area contributed by atoms with Crippen LogP contribution in [0.25, 0.3) is 0 Å². The maximum Gasteiger partial charge on any atom is 0.0489 e. The number of hydrogen-bond acceptors (Lipinski definition) is 3. The summed E-state index contributed by atoms with van der Waals surface area (Å²) in [5.74, 6) is 0.638. The van der Waals surface area contributed by atoms with Crippen LogP contribution in [0.15, 0.2) is 0 Å². The van der Waals surface area contributed by atoms with E-state index in [4.69, 9.17) is 9.47 Å². The zero-order valence-electron chi connectivity index (χ0n) is 10.7. The normalized spacial score (nSPS) is 13.4. The van der Waals surface area contributed by atoms with Gasteiger partial charge in [-0.15, -0.1) is 0 Å². The van der Waals surface area contributed by atoms with E-state index in [0.717, 1.165) is 39.2 Å². The van der Waals surface area contributed by atoms with Crippen LogP contribution in [-0.4, -0.2) is 39.5 Å². The summed E-state index contributed by atoms with van der Waals surface area (Å²) < 4.78 is 10.5. The predicted molar refractivity (Wildman–Crippen MR) is 64.2 cm³/mol. The molecule has 0 radical (unpaired) electrons. The Morgan fingerprint density at radius 2 is 1.87 bits per heavy atom. The average Bonchev–Trinajstić information content (AvgIpc) is 2.19. The van der Waals surface area contributed by atoms with E-state index >= 15 is 0 Å². The number of ether oxygens (including phenoxy) is 2. The summed E-state index contributed by atoms with van der Waals surface area (Å²) in [6.07, 6.45) is 2.16. The van der Waals surface area contributed by atoms with Crippen molar-refractivity contribution in [2.45, 2.75) is 39.7 Å². The van der Waals surface area contributed by atoms with Gasteiger partial charge >= 0.3 is 0 Å². The summed E-state index contributed by atoms with van der Waals surface area (Å²) in [6.45, 7) is 10.1. The molecule has 3 heteroatoms. The molecule has 0 aliphatic carbocycles. The van der Waals surface area contributed by atoms with Crippen molar-refractivity contribution in [3.05, 3.63) is 0 Å². The van der Waals surface area contributed by atoms with Crippen molar-refractivity contribution >= 4 is 0 Å². The molecule has 0 bridgehead atoms. The van der Waals surface area contributed by atoms with Crippen molar-refractivity contribution in [1.82, 2.24) is 5.32 Å². The molecule has 0 amide bonds. The largest absolute Gasteiger partial charge is 0.385 e. The minimum absolute atomic E-state index is 0.537. The third-order valence-corrected chi connectivity index (χ3v) is 2.16. The lowest BCUT2D eigenvalue weighted by Crippen LogP contribution is -2.28. The van der Waals surface area contributed by atoms with Crippen molar-refractivity contribution in [2.24, 2.45) is 5.92 Å². The highest BCUT2D eigenvalue weighted by Gasteiger charge is 1.99. The minimum atomic E-state index is 0.537. The molecule has 0 aliphatic heterocycles. The molecule has 0 heterocycles. The van der Waals surface area contributed by atoms with Crippen molar-refractivity contribution in [2.75, 3.05) is 33.5 Å². The molecule has 0 fully saturated rings. The van der Waals surface area contributed by atoms with Gasteiger partial charge < -0.3 is 14.8 Å². The fourth-order valence-corrected chi connectivity index (χ4v) is 1.24. The average molecular weight is 217 g/mol. The zero-order chi connectivity index (χ0) is 11.5. The fraction of sp³-hybridized carbons (Fsp3) is 1.00. The van der Waals surface area contributed by atoms with Crippen LogP contribution in [0.3, 0.4) is 0 Å². The summed E-state index contributed by atoms with van der Waals surface area (Å²) in [7, 11) is 1.74. The van der Waals surface area contributed by atoms with E-state index in [9.17, 15) is 0 Å². The second-order valence-electron chi connectivity index (χ2n) is 4.46. The molecule has 0 spiro atoms. The summed E-state index contributed by atoms with van der Waals surface area (Å²) in [5.41, 5.74) is 0. The van der Waals surface area contributed by atoms with Crippen molar-refractivity contribution in [3.8, 4) is 0 Å². The smallest absolute Gasteiger partial charge is 0.0489 e. The first kappa shape index (κ1) is 14.9. The van der Waals surface area contributed by atoms with Crippen LogP contribution in [0.1, 0.15) is 33.6 Å². The van der Waals surface area contributed by atoms with Gasteiger partial charge in [0.15, 0.2) is 0 Å². The van der Waals surface area contributed by atoms with Crippen LogP contribution >= 0.6 is 0 Å². The number of rotatable bonds is 10. The van der Waals surface area contributed by atoms with Gasteiger partial charge in [-0.1, -0.05) is 13.8 Å².